The lowest BCUT2D eigenvalue weighted by Crippen LogP contribution is -2.42. The zero-order valence-electron chi connectivity index (χ0n) is 12.8. The predicted molar refractivity (Wildman–Crippen MR) is 76.6 cm³/mol. The van der Waals surface area contributed by atoms with Crippen molar-refractivity contribution in [1.82, 2.24) is 10.1 Å². The first-order valence-corrected chi connectivity index (χ1v) is 7.95. The number of ether oxygens (including phenoxy) is 2. The highest BCUT2D eigenvalue weighted by Gasteiger charge is 2.41. The van der Waals surface area contributed by atoms with Crippen molar-refractivity contribution in [2.24, 2.45) is 5.73 Å². The smallest absolute Gasteiger partial charge is 0.247 e. The zero-order valence-corrected chi connectivity index (χ0v) is 12.8. The van der Waals surface area contributed by atoms with Crippen molar-refractivity contribution in [3.8, 4) is 0 Å². The van der Waals surface area contributed by atoms with Crippen LogP contribution in [0.4, 0.5) is 0 Å². The molecule has 0 spiro atoms. The summed E-state index contributed by atoms with van der Waals surface area (Å²) in [5.41, 5.74) is 5.47. The SMILES string of the molecule is COC1(c2noc(C3(N)CCOCC3)n2)CCCCCC1. The third kappa shape index (κ3) is 2.84. The Kier molecular flexibility index (Phi) is 4.28. The summed E-state index contributed by atoms with van der Waals surface area (Å²) in [6, 6.07) is 0. The van der Waals surface area contributed by atoms with E-state index in [9.17, 15) is 0 Å². The molecule has 1 aliphatic heterocycles. The Labute approximate surface area is 125 Å². The third-order valence-corrected chi connectivity index (χ3v) is 4.95. The van der Waals surface area contributed by atoms with E-state index in [0.717, 1.165) is 25.7 Å². The van der Waals surface area contributed by atoms with Crippen molar-refractivity contribution < 1.29 is 14.0 Å². The number of rotatable bonds is 3. The van der Waals surface area contributed by atoms with Gasteiger partial charge in [0, 0.05) is 20.3 Å². The lowest BCUT2D eigenvalue weighted by molar-refractivity contribution is -0.0365. The van der Waals surface area contributed by atoms with E-state index in [-0.39, 0.29) is 0 Å². The van der Waals surface area contributed by atoms with Gasteiger partial charge < -0.3 is 19.7 Å². The van der Waals surface area contributed by atoms with Crippen molar-refractivity contribution in [2.75, 3.05) is 20.3 Å². The quantitative estimate of drug-likeness (QED) is 0.861. The molecule has 6 nitrogen and oxygen atoms in total. The lowest BCUT2D eigenvalue weighted by Gasteiger charge is -2.30. The van der Waals surface area contributed by atoms with Crippen molar-refractivity contribution in [2.45, 2.75) is 62.5 Å². The van der Waals surface area contributed by atoms with E-state index in [1.807, 2.05) is 0 Å². The Morgan fingerprint density at radius 3 is 2.33 bits per heavy atom. The van der Waals surface area contributed by atoms with Crippen LogP contribution in [0.5, 0.6) is 0 Å². The van der Waals surface area contributed by atoms with Gasteiger partial charge in [-0.25, -0.2) is 0 Å². The Hall–Kier alpha value is -0.980. The molecule has 118 valence electrons. The minimum atomic E-state index is -0.552. The van der Waals surface area contributed by atoms with Crippen LogP contribution in [-0.4, -0.2) is 30.5 Å². The topological polar surface area (TPSA) is 83.4 Å². The Balaban J connectivity index is 1.85. The van der Waals surface area contributed by atoms with Crippen LogP contribution < -0.4 is 5.73 Å². The minimum Gasteiger partial charge on any atom is -0.381 e. The van der Waals surface area contributed by atoms with Gasteiger partial charge >= 0.3 is 0 Å². The summed E-state index contributed by atoms with van der Waals surface area (Å²) in [4.78, 5) is 4.63. The Bertz CT molecular complexity index is 460. The van der Waals surface area contributed by atoms with Gasteiger partial charge in [0.25, 0.3) is 0 Å². The number of hydrogen-bond acceptors (Lipinski definition) is 6. The van der Waals surface area contributed by atoms with E-state index >= 15 is 0 Å². The molecule has 0 unspecified atom stereocenters. The maximum absolute atomic E-state index is 6.42. The second kappa shape index (κ2) is 6.02. The Morgan fingerprint density at radius 1 is 1.05 bits per heavy atom. The fraction of sp³-hybridized carbons (Fsp3) is 0.867. The molecule has 2 N–H and O–H groups in total. The molecule has 6 heteroatoms. The molecule has 2 aliphatic rings. The van der Waals surface area contributed by atoms with Gasteiger partial charge in [0.15, 0.2) is 0 Å². The molecule has 1 saturated carbocycles. The van der Waals surface area contributed by atoms with Crippen molar-refractivity contribution in [1.29, 1.82) is 0 Å². The molecule has 1 aliphatic carbocycles. The predicted octanol–water partition coefficient (Wildman–Crippen LogP) is 2.23. The Morgan fingerprint density at radius 2 is 1.71 bits per heavy atom. The second-order valence-electron chi connectivity index (χ2n) is 6.30. The first kappa shape index (κ1) is 14.9. The van der Waals surface area contributed by atoms with Gasteiger partial charge in [-0.15, -0.1) is 0 Å². The van der Waals surface area contributed by atoms with Crippen molar-refractivity contribution in [3.05, 3.63) is 11.7 Å². The average molecular weight is 295 g/mol. The summed E-state index contributed by atoms with van der Waals surface area (Å²) in [7, 11) is 1.74. The molecule has 0 radical (unpaired) electrons. The van der Waals surface area contributed by atoms with Gasteiger partial charge in [0.2, 0.25) is 11.7 Å². The molecule has 1 aromatic heterocycles. The summed E-state index contributed by atoms with van der Waals surface area (Å²) < 4.78 is 16.7. The molecule has 21 heavy (non-hydrogen) atoms. The van der Waals surface area contributed by atoms with Crippen LogP contribution in [0.1, 0.15) is 63.1 Å². The maximum atomic E-state index is 6.42. The molecule has 2 fully saturated rings. The molecular formula is C15H25N3O3. The highest BCUT2D eigenvalue weighted by atomic mass is 16.5. The van der Waals surface area contributed by atoms with E-state index < -0.39 is 11.1 Å². The number of nitrogens with two attached hydrogens (primary N) is 1. The first-order valence-electron chi connectivity index (χ1n) is 7.95. The van der Waals surface area contributed by atoms with Gasteiger partial charge in [-0.1, -0.05) is 30.8 Å². The molecule has 3 rings (SSSR count). The lowest BCUT2D eigenvalue weighted by atomic mass is 9.90. The van der Waals surface area contributed by atoms with E-state index in [0.29, 0.717) is 37.8 Å². The van der Waals surface area contributed by atoms with E-state index in [1.165, 1.54) is 12.8 Å². The van der Waals surface area contributed by atoms with Crippen LogP contribution in [0.2, 0.25) is 0 Å². The fourth-order valence-corrected chi connectivity index (χ4v) is 3.38. The van der Waals surface area contributed by atoms with Crippen molar-refractivity contribution in [3.63, 3.8) is 0 Å². The number of methoxy groups -OCH3 is 1. The largest absolute Gasteiger partial charge is 0.381 e. The summed E-state index contributed by atoms with van der Waals surface area (Å²) in [6.07, 6.45) is 8.09. The first-order chi connectivity index (χ1) is 10.2. The normalized spacial score (nSPS) is 25.4. The van der Waals surface area contributed by atoms with Gasteiger partial charge in [-0.2, -0.15) is 4.98 Å². The second-order valence-corrected chi connectivity index (χ2v) is 6.30. The van der Waals surface area contributed by atoms with Crippen LogP contribution in [0.3, 0.4) is 0 Å². The van der Waals surface area contributed by atoms with Gasteiger partial charge in [0.1, 0.15) is 11.1 Å². The number of nitrogens with zero attached hydrogens (tertiary/aromatic N) is 2. The highest BCUT2D eigenvalue weighted by Crippen LogP contribution is 2.38. The highest BCUT2D eigenvalue weighted by molar-refractivity contribution is 5.08. The van der Waals surface area contributed by atoms with Crippen LogP contribution in [0.15, 0.2) is 4.52 Å². The zero-order chi connectivity index (χ0) is 14.8. The molecule has 1 aromatic rings. The third-order valence-electron chi connectivity index (χ3n) is 4.95. The monoisotopic (exact) mass is 295 g/mol. The van der Waals surface area contributed by atoms with Crippen LogP contribution >= 0.6 is 0 Å². The van der Waals surface area contributed by atoms with Crippen LogP contribution in [0.25, 0.3) is 0 Å². The average Bonchev–Trinajstić information content (AvgIpc) is 2.89. The summed E-state index contributed by atoms with van der Waals surface area (Å²) in [5, 5.41) is 4.21. The summed E-state index contributed by atoms with van der Waals surface area (Å²) >= 11 is 0. The minimum absolute atomic E-state index is 0.403. The number of hydrogen-bond donors (Lipinski definition) is 1. The summed E-state index contributed by atoms with van der Waals surface area (Å²) in [6.45, 7) is 1.28. The van der Waals surface area contributed by atoms with Gasteiger partial charge in [-0.05, 0) is 25.7 Å². The van der Waals surface area contributed by atoms with Gasteiger partial charge in [0.05, 0.1) is 0 Å². The molecule has 0 bridgehead atoms. The molecular weight excluding hydrogens is 270 g/mol. The van der Waals surface area contributed by atoms with E-state index in [4.69, 9.17) is 19.7 Å². The maximum Gasteiger partial charge on any atom is 0.247 e. The van der Waals surface area contributed by atoms with Crippen LogP contribution in [-0.2, 0) is 20.6 Å². The number of aromatic nitrogens is 2. The molecule has 0 atom stereocenters. The van der Waals surface area contributed by atoms with Gasteiger partial charge in [-0.3, -0.25) is 0 Å². The molecule has 0 aromatic carbocycles. The standard InChI is InChI=1S/C15H25N3O3/c1-19-15(6-4-2-3-5-7-15)12-17-13(21-18-12)14(16)8-10-20-11-9-14/h2-11,16H2,1H3. The van der Waals surface area contributed by atoms with Crippen molar-refractivity contribution >= 4 is 0 Å². The summed E-state index contributed by atoms with van der Waals surface area (Å²) in [5.74, 6) is 1.19. The van der Waals surface area contributed by atoms with Crippen LogP contribution in [0, 0.1) is 0 Å². The van der Waals surface area contributed by atoms with E-state index in [1.54, 1.807) is 7.11 Å². The molecule has 2 heterocycles. The fourth-order valence-electron chi connectivity index (χ4n) is 3.38. The van der Waals surface area contributed by atoms with E-state index in [2.05, 4.69) is 10.1 Å². The molecule has 1 saturated heterocycles. The molecule has 0 amide bonds.